The SMILES string of the molecule is CC.Cc1ccc(-c2ccc(N(c3ccc(-c4ccccc4)cc3)c3ccc(-c4ccccc4)cc3)cc2)cc1. The first-order valence-electron chi connectivity index (χ1n) is 14.0. The molecule has 6 rings (SSSR count). The fraction of sp³-hybridized carbons (Fsp3) is 0.0769. The number of benzene rings is 6. The zero-order valence-electron chi connectivity index (χ0n) is 23.5. The number of hydrogen-bond acceptors (Lipinski definition) is 1. The zero-order chi connectivity index (χ0) is 27.7. The maximum absolute atomic E-state index is 2.32. The summed E-state index contributed by atoms with van der Waals surface area (Å²) in [6, 6.07) is 56.3. The maximum Gasteiger partial charge on any atom is 0.0462 e. The molecule has 0 N–H and O–H groups in total. The van der Waals surface area contributed by atoms with Crippen LogP contribution in [0.3, 0.4) is 0 Å². The molecule has 0 heterocycles. The number of anilines is 3. The molecule has 0 atom stereocenters. The number of hydrogen-bond donors (Lipinski definition) is 0. The molecule has 0 bridgehead atoms. The van der Waals surface area contributed by atoms with Gasteiger partial charge in [-0.05, 0) is 76.7 Å². The number of rotatable bonds is 6. The highest BCUT2D eigenvalue weighted by molar-refractivity contribution is 5.81. The summed E-state index contributed by atoms with van der Waals surface area (Å²) < 4.78 is 0. The van der Waals surface area contributed by atoms with E-state index >= 15 is 0 Å². The molecule has 0 saturated heterocycles. The van der Waals surface area contributed by atoms with Crippen molar-refractivity contribution in [3.05, 3.63) is 163 Å². The molecular formula is C39H35N. The van der Waals surface area contributed by atoms with Crippen LogP contribution in [0.15, 0.2) is 158 Å². The van der Waals surface area contributed by atoms with Crippen LogP contribution in [0.2, 0.25) is 0 Å². The molecule has 1 heteroatoms. The van der Waals surface area contributed by atoms with E-state index in [2.05, 4.69) is 170 Å². The molecule has 0 saturated carbocycles. The lowest BCUT2D eigenvalue weighted by Gasteiger charge is -2.26. The van der Waals surface area contributed by atoms with E-state index in [0.29, 0.717) is 0 Å². The minimum absolute atomic E-state index is 1.13. The molecule has 6 aromatic rings. The Balaban J connectivity index is 0.00000158. The molecular weight excluding hydrogens is 482 g/mol. The van der Waals surface area contributed by atoms with Gasteiger partial charge in [0.05, 0.1) is 0 Å². The Morgan fingerprint density at radius 1 is 0.300 bits per heavy atom. The highest BCUT2D eigenvalue weighted by atomic mass is 15.1. The van der Waals surface area contributed by atoms with Gasteiger partial charge in [0, 0.05) is 17.1 Å². The lowest BCUT2D eigenvalue weighted by Crippen LogP contribution is -2.09. The largest absolute Gasteiger partial charge is 0.311 e. The van der Waals surface area contributed by atoms with Crippen molar-refractivity contribution in [3.8, 4) is 33.4 Å². The quantitative estimate of drug-likeness (QED) is 0.212. The van der Waals surface area contributed by atoms with Gasteiger partial charge in [0.15, 0.2) is 0 Å². The molecule has 0 spiro atoms. The van der Waals surface area contributed by atoms with Crippen molar-refractivity contribution >= 4 is 17.1 Å². The molecule has 0 radical (unpaired) electrons. The molecule has 0 aliphatic heterocycles. The predicted molar refractivity (Wildman–Crippen MR) is 174 cm³/mol. The van der Waals surface area contributed by atoms with Gasteiger partial charge in [0.2, 0.25) is 0 Å². The van der Waals surface area contributed by atoms with Gasteiger partial charge >= 0.3 is 0 Å². The summed E-state index contributed by atoms with van der Waals surface area (Å²) in [5.74, 6) is 0. The van der Waals surface area contributed by atoms with E-state index in [1.165, 1.54) is 38.9 Å². The van der Waals surface area contributed by atoms with Crippen LogP contribution in [0.25, 0.3) is 33.4 Å². The average Bonchev–Trinajstić information content (AvgIpc) is 3.04. The van der Waals surface area contributed by atoms with E-state index in [9.17, 15) is 0 Å². The first kappa shape index (κ1) is 26.7. The lowest BCUT2D eigenvalue weighted by atomic mass is 10.0. The number of aryl methyl sites for hydroxylation is 1. The maximum atomic E-state index is 2.32. The van der Waals surface area contributed by atoms with Crippen LogP contribution in [0.4, 0.5) is 17.1 Å². The Labute approximate surface area is 239 Å². The molecule has 0 amide bonds. The number of nitrogens with zero attached hydrogens (tertiary/aromatic N) is 1. The van der Waals surface area contributed by atoms with Crippen LogP contribution >= 0.6 is 0 Å². The molecule has 6 aromatic carbocycles. The summed E-state index contributed by atoms with van der Waals surface area (Å²) in [4.78, 5) is 2.32. The van der Waals surface area contributed by atoms with Gasteiger partial charge in [0.25, 0.3) is 0 Å². The third-order valence-corrected chi connectivity index (χ3v) is 6.98. The van der Waals surface area contributed by atoms with Crippen LogP contribution < -0.4 is 4.90 Å². The third kappa shape index (κ3) is 6.06. The van der Waals surface area contributed by atoms with Crippen LogP contribution in [0, 0.1) is 6.92 Å². The highest BCUT2D eigenvalue weighted by Crippen LogP contribution is 2.37. The molecule has 0 aromatic heterocycles. The summed E-state index contributed by atoms with van der Waals surface area (Å²) in [6.07, 6.45) is 0. The Bertz CT molecular complexity index is 1520. The van der Waals surface area contributed by atoms with Crippen molar-refractivity contribution in [2.75, 3.05) is 4.90 Å². The molecule has 0 unspecified atom stereocenters. The van der Waals surface area contributed by atoms with Crippen molar-refractivity contribution in [3.63, 3.8) is 0 Å². The van der Waals surface area contributed by atoms with Gasteiger partial charge < -0.3 is 4.90 Å². The van der Waals surface area contributed by atoms with E-state index in [4.69, 9.17) is 0 Å². The minimum Gasteiger partial charge on any atom is -0.311 e. The summed E-state index contributed by atoms with van der Waals surface area (Å²) >= 11 is 0. The normalized spacial score (nSPS) is 10.4. The second kappa shape index (κ2) is 12.8. The zero-order valence-corrected chi connectivity index (χ0v) is 23.5. The van der Waals surface area contributed by atoms with Crippen molar-refractivity contribution in [2.24, 2.45) is 0 Å². The first-order chi connectivity index (χ1) is 19.7. The van der Waals surface area contributed by atoms with E-state index < -0.39 is 0 Å². The van der Waals surface area contributed by atoms with Gasteiger partial charge in [-0.1, -0.05) is 141 Å². The third-order valence-electron chi connectivity index (χ3n) is 6.98. The average molecular weight is 518 g/mol. The molecule has 196 valence electrons. The van der Waals surface area contributed by atoms with Crippen LogP contribution in [0.1, 0.15) is 19.4 Å². The fourth-order valence-corrected chi connectivity index (χ4v) is 4.86. The molecule has 0 aliphatic carbocycles. The predicted octanol–water partition coefficient (Wildman–Crippen LogP) is 11.5. The Morgan fingerprint density at radius 3 is 0.850 bits per heavy atom. The second-order valence-corrected chi connectivity index (χ2v) is 9.57. The summed E-state index contributed by atoms with van der Waals surface area (Å²) in [7, 11) is 0. The topological polar surface area (TPSA) is 3.24 Å². The van der Waals surface area contributed by atoms with Crippen molar-refractivity contribution < 1.29 is 0 Å². The van der Waals surface area contributed by atoms with Crippen molar-refractivity contribution in [1.29, 1.82) is 0 Å². The lowest BCUT2D eigenvalue weighted by molar-refractivity contribution is 1.28. The van der Waals surface area contributed by atoms with Gasteiger partial charge in [-0.25, -0.2) is 0 Å². The van der Waals surface area contributed by atoms with E-state index in [-0.39, 0.29) is 0 Å². The molecule has 40 heavy (non-hydrogen) atoms. The van der Waals surface area contributed by atoms with E-state index in [0.717, 1.165) is 17.1 Å². The summed E-state index contributed by atoms with van der Waals surface area (Å²) in [5, 5.41) is 0. The van der Waals surface area contributed by atoms with E-state index in [1.807, 2.05) is 13.8 Å². The molecule has 0 fully saturated rings. The summed E-state index contributed by atoms with van der Waals surface area (Å²) in [5.41, 5.74) is 12.0. The van der Waals surface area contributed by atoms with Crippen LogP contribution in [-0.4, -0.2) is 0 Å². The van der Waals surface area contributed by atoms with Gasteiger partial charge in [0.1, 0.15) is 0 Å². The van der Waals surface area contributed by atoms with Gasteiger partial charge in [-0.2, -0.15) is 0 Å². The summed E-state index contributed by atoms with van der Waals surface area (Å²) in [6.45, 7) is 6.12. The van der Waals surface area contributed by atoms with Gasteiger partial charge in [-0.15, -0.1) is 0 Å². The monoisotopic (exact) mass is 517 g/mol. The minimum atomic E-state index is 1.13. The molecule has 0 aliphatic rings. The second-order valence-electron chi connectivity index (χ2n) is 9.57. The van der Waals surface area contributed by atoms with Gasteiger partial charge in [-0.3, -0.25) is 0 Å². The fourth-order valence-electron chi connectivity index (χ4n) is 4.86. The standard InChI is InChI=1S/C37H29N.C2H6/c1-28-12-14-31(15-13-28)34-20-26-37(27-21-34)38(35-22-16-32(17-23-35)29-8-4-2-5-9-29)36-24-18-33(19-25-36)30-10-6-3-7-11-30;1-2/h2-27H,1H3;1-2H3. The van der Waals surface area contributed by atoms with E-state index in [1.54, 1.807) is 0 Å². The Morgan fingerprint density at radius 2 is 0.550 bits per heavy atom. The first-order valence-corrected chi connectivity index (χ1v) is 14.0. The van der Waals surface area contributed by atoms with Crippen molar-refractivity contribution in [1.82, 2.24) is 0 Å². The van der Waals surface area contributed by atoms with Crippen molar-refractivity contribution in [2.45, 2.75) is 20.8 Å². The van der Waals surface area contributed by atoms with Crippen LogP contribution in [-0.2, 0) is 0 Å². The highest BCUT2D eigenvalue weighted by Gasteiger charge is 2.13. The Kier molecular flexibility index (Phi) is 8.53. The molecule has 1 nitrogen and oxygen atoms in total. The smallest absolute Gasteiger partial charge is 0.0462 e. The van der Waals surface area contributed by atoms with Crippen LogP contribution in [0.5, 0.6) is 0 Å². The Hall–Kier alpha value is -4.88.